The van der Waals surface area contributed by atoms with Gasteiger partial charge in [-0.3, -0.25) is 4.79 Å². The Morgan fingerprint density at radius 2 is 1.52 bits per heavy atom. The lowest BCUT2D eigenvalue weighted by atomic mass is 9.69. The predicted octanol–water partition coefficient (Wildman–Crippen LogP) is 6.45. The highest BCUT2D eigenvalue weighted by Gasteiger charge is 2.54. The van der Waals surface area contributed by atoms with Crippen molar-refractivity contribution in [3.8, 4) is 0 Å². The van der Waals surface area contributed by atoms with Crippen LogP contribution in [0.15, 0.2) is 0 Å². The summed E-state index contributed by atoms with van der Waals surface area (Å²) in [7, 11) is 0. The highest BCUT2D eigenvalue weighted by Crippen LogP contribution is 2.45. The number of hydrogen-bond donors (Lipinski definition) is 0. The fraction of sp³-hybridized carbons (Fsp3) is 0.957. The maximum atomic E-state index is 13.0. The molecular formula is C23H44NO3. The van der Waals surface area contributed by atoms with E-state index >= 15 is 0 Å². The van der Waals surface area contributed by atoms with E-state index < -0.39 is 11.1 Å². The van der Waals surface area contributed by atoms with Crippen molar-refractivity contribution in [3.05, 3.63) is 0 Å². The zero-order valence-electron chi connectivity index (χ0n) is 18.8. The molecule has 4 heteroatoms. The number of piperidine rings is 1. The van der Waals surface area contributed by atoms with Gasteiger partial charge < -0.3 is 4.74 Å². The van der Waals surface area contributed by atoms with Gasteiger partial charge in [-0.2, -0.15) is 0 Å². The molecule has 0 amide bonds. The first-order valence-corrected chi connectivity index (χ1v) is 11.4. The molecule has 0 bridgehead atoms. The third kappa shape index (κ3) is 6.45. The molecule has 27 heavy (non-hydrogen) atoms. The molecule has 0 aromatic carbocycles. The molecule has 1 radical (unpaired) electrons. The maximum absolute atomic E-state index is 13.0. The lowest BCUT2D eigenvalue weighted by Crippen LogP contribution is -2.66. The van der Waals surface area contributed by atoms with Crippen molar-refractivity contribution < 1.29 is 14.7 Å². The summed E-state index contributed by atoms with van der Waals surface area (Å²) in [6, 6.07) is 0. The van der Waals surface area contributed by atoms with Crippen molar-refractivity contribution in [2.75, 3.05) is 0 Å². The Kier molecular flexibility index (Phi) is 10.3. The Balaban J connectivity index is 2.46. The summed E-state index contributed by atoms with van der Waals surface area (Å²) >= 11 is 0. The number of carbonyl (C=O) groups excluding carboxylic acids is 1. The van der Waals surface area contributed by atoms with Crippen LogP contribution < -0.4 is 0 Å². The summed E-state index contributed by atoms with van der Waals surface area (Å²) in [4.78, 5) is 12.4. The number of nitrogens with zero attached hydrogens (tertiary/aromatic N) is 1. The number of carbonyl (C=O) groups is 1. The molecule has 1 fully saturated rings. The molecule has 0 saturated carbocycles. The minimum absolute atomic E-state index is 0.0436. The van der Waals surface area contributed by atoms with E-state index in [1.807, 2.05) is 13.8 Å². The molecule has 1 saturated heterocycles. The summed E-state index contributed by atoms with van der Waals surface area (Å²) in [5, 5.41) is 14.3. The van der Waals surface area contributed by atoms with Crippen molar-refractivity contribution in [2.45, 2.75) is 136 Å². The number of hydrogen-bond acceptors (Lipinski definition) is 3. The van der Waals surface area contributed by atoms with Gasteiger partial charge in [0.1, 0.15) is 6.10 Å². The minimum atomic E-state index is -0.480. The highest BCUT2D eigenvalue weighted by atomic mass is 16.5. The number of unbranched alkanes of at least 4 members (excludes halogenated alkanes) is 7. The Hall–Kier alpha value is -0.610. The van der Waals surface area contributed by atoms with Gasteiger partial charge in [0.25, 0.3) is 0 Å². The number of ether oxygens (including phenoxy) is 1. The Morgan fingerprint density at radius 3 is 2.04 bits per heavy atom. The average molecular weight is 383 g/mol. The molecule has 1 heterocycles. The zero-order chi connectivity index (χ0) is 20.5. The smallest absolute Gasteiger partial charge is 0.306 e. The molecule has 0 spiro atoms. The number of hydroxylamine groups is 2. The molecule has 0 aromatic rings. The second kappa shape index (κ2) is 11.4. The molecule has 1 aliphatic heterocycles. The first-order valence-electron chi connectivity index (χ1n) is 11.4. The molecular weight excluding hydrogens is 338 g/mol. The lowest BCUT2D eigenvalue weighted by Gasteiger charge is -2.55. The van der Waals surface area contributed by atoms with Gasteiger partial charge in [-0.1, -0.05) is 72.6 Å². The van der Waals surface area contributed by atoms with Crippen molar-refractivity contribution in [1.82, 2.24) is 5.06 Å². The van der Waals surface area contributed by atoms with Crippen LogP contribution in [-0.2, 0) is 14.7 Å². The highest BCUT2D eigenvalue weighted by molar-refractivity contribution is 5.69. The van der Waals surface area contributed by atoms with Gasteiger partial charge >= 0.3 is 5.97 Å². The van der Waals surface area contributed by atoms with E-state index in [1.54, 1.807) is 0 Å². The lowest BCUT2D eigenvalue weighted by molar-refractivity contribution is -0.324. The van der Waals surface area contributed by atoms with Crippen LogP contribution in [0.5, 0.6) is 0 Å². The quantitative estimate of drug-likeness (QED) is 0.288. The molecule has 159 valence electrons. The van der Waals surface area contributed by atoms with E-state index in [4.69, 9.17) is 4.74 Å². The minimum Gasteiger partial charge on any atom is -0.462 e. The van der Waals surface area contributed by atoms with Crippen LogP contribution in [0.2, 0.25) is 0 Å². The fourth-order valence-corrected chi connectivity index (χ4v) is 4.42. The number of rotatable bonds is 12. The van der Waals surface area contributed by atoms with Crippen molar-refractivity contribution in [3.63, 3.8) is 0 Å². The van der Waals surface area contributed by atoms with Gasteiger partial charge in [-0.05, 0) is 33.1 Å². The van der Waals surface area contributed by atoms with E-state index in [0.717, 1.165) is 25.7 Å². The third-order valence-corrected chi connectivity index (χ3v) is 7.13. The summed E-state index contributed by atoms with van der Waals surface area (Å²) in [6.07, 6.45) is 12.3. The summed E-state index contributed by atoms with van der Waals surface area (Å²) < 4.78 is 5.90. The summed E-state index contributed by atoms with van der Waals surface area (Å²) in [5.74, 6) is -0.0452. The van der Waals surface area contributed by atoms with Crippen LogP contribution in [0.25, 0.3) is 0 Å². The molecule has 4 atom stereocenters. The SMILES string of the molecule is CCCCCCCCCCC(=O)OC1CC(C)(CC)N([O])C(C)(CC)C1C. The fourth-order valence-electron chi connectivity index (χ4n) is 4.42. The molecule has 0 aromatic heterocycles. The topological polar surface area (TPSA) is 49.4 Å². The molecule has 1 aliphatic rings. The van der Waals surface area contributed by atoms with E-state index in [1.165, 1.54) is 43.6 Å². The molecule has 4 unspecified atom stereocenters. The third-order valence-electron chi connectivity index (χ3n) is 7.13. The first-order chi connectivity index (χ1) is 12.7. The Labute approximate surface area is 168 Å². The van der Waals surface area contributed by atoms with Crippen LogP contribution in [0, 0.1) is 5.92 Å². The first kappa shape index (κ1) is 24.4. The summed E-state index contributed by atoms with van der Waals surface area (Å²) in [5.41, 5.74) is -0.937. The Morgan fingerprint density at radius 1 is 0.963 bits per heavy atom. The van der Waals surface area contributed by atoms with Crippen molar-refractivity contribution in [1.29, 1.82) is 0 Å². The van der Waals surface area contributed by atoms with Gasteiger partial charge in [0.2, 0.25) is 0 Å². The molecule has 0 N–H and O–H groups in total. The average Bonchev–Trinajstić information content (AvgIpc) is 2.66. The molecule has 1 rings (SSSR count). The molecule has 4 nitrogen and oxygen atoms in total. The zero-order valence-corrected chi connectivity index (χ0v) is 18.8. The number of esters is 1. The van der Waals surface area contributed by atoms with Gasteiger partial charge in [0.15, 0.2) is 0 Å². The van der Waals surface area contributed by atoms with Crippen LogP contribution >= 0.6 is 0 Å². The predicted molar refractivity (Wildman–Crippen MR) is 111 cm³/mol. The summed E-state index contributed by atoms with van der Waals surface area (Å²) in [6.45, 7) is 12.5. The van der Waals surface area contributed by atoms with Gasteiger partial charge in [0.05, 0.1) is 11.1 Å². The van der Waals surface area contributed by atoms with Gasteiger partial charge in [-0.25, -0.2) is 0 Å². The van der Waals surface area contributed by atoms with E-state index in [9.17, 15) is 10.0 Å². The normalized spacial score (nSPS) is 31.8. The van der Waals surface area contributed by atoms with E-state index in [2.05, 4.69) is 27.7 Å². The van der Waals surface area contributed by atoms with Crippen LogP contribution in [0.1, 0.15) is 119 Å². The monoisotopic (exact) mass is 382 g/mol. The molecule has 0 aliphatic carbocycles. The van der Waals surface area contributed by atoms with E-state index in [-0.39, 0.29) is 18.0 Å². The van der Waals surface area contributed by atoms with Crippen molar-refractivity contribution >= 4 is 5.97 Å². The van der Waals surface area contributed by atoms with Crippen LogP contribution in [0.3, 0.4) is 0 Å². The van der Waals surface area contributed by atoms with Gasteiger partial charge in [-0.15, -0.1) is 10.3 Å². The van der Waals surface area contributed by atoms with Crippen LogP contribution in [0.4, 0.5) is 0 Å². The second-order valence-electron chi connectivity index (χ2n) is 9.10. The van der Waals surface area contributed by atoms with Crippen LogP contribution in [-0.4, -0.2) is 28.2 Å². The Bertz CT molecular complexity index is 441. The van der Waals surface area contributed by atoms with E-state index in [0.29, 0.717) is 12.8 Å². The largest absolute Gasteiger partial charge is 0.462 e. The standard InChI is InChI=1S/C23H44NO3/c1-7-10-11-12-13-14-15-16-17-21(25)27-20-18-22(5,8-2)24(26)23(6,9-3)19(20)4/h19-20H,7-18H2,1-6H3. The maximum Gasteiger partial charge on any atom is 0.306 e. The second-order valence-corrected chi connectivity index (χ2v) is 9.10. The van der Waals surface area contributed by atoms with Crippen molar-refractivity contribution in [2.24, 2.45) is 5.92 Å². The van der Waals surface area contributed by atoms with Gasteiger partial charge in [0, 0.05) is 18.8 Å².